The fourth-order valence-corrected chi connectivity index (χ4v) is 6.31. The van der Waals surface area contributed by atoms with Crippen molar-refractivity contribution >= 4 is 27.3 Å². The number of nitrogens with zero attached hydrogens (tertiary/aromatic N) is 1. The van der Waals surface area contributed by atoms with Gasteiger partial charge >= 0.3 is 6.18 Å². The number of sulfonamides is 1. The van der Waals surface area contributed by atoms with Gasteiger partial charge in [0, 0.05) is 24.5 Å². The van der Waals surface area contributed by atoms with Crippen LogP contribution in [0.15, 0.2) is 40.6 Å². The third kappa shape index (κ3) is 7.29. The van der Waals surface area contributed by atoms with Crippen LogP contribution in [-0.4, -0.2) is 44.5 Å². The molecule has 0 saturated carbocycles. The summed E-state index contributed by atoms with van der Waals surface area (Å²) in [6, 6.07) is 9.93. The predicted octanol–water partition coefficient (Wildman–Crippen LogP) is 3.86. The SMILES string of the molecule is O=C(Cc1ccc(S(=O)(=O)N2CCCCC2)s1)NCc1ccc(COCC(F)(F)F)cc1. The second kappa shape index (κ2) is 10.8. The van der Waals surface area contributed by atoms with Crippen molar-refractivity contribution < 1.29 is 31.1 Å². The Morgan fingerprint density at radius 3 is 2.34 bits per heavy atom. The molecule has 1 amide bonds. The molecule has 2 heterocycles. The van der Waals surface area contributed by atoms with E-state index in [0.29, 0.717) is 23.5 Å². The van der Waals surface area contributed by atoms with E-state index < -0.39 is 22.8 Å². The summed E-state index contributed by atoms with van der Waals surface area (Å²) >= 11 is 1.11. The zero-order chi connectivity index (χ0) is 23.2. The van der Waals surface area contributed by atoms with Crippen molar-refractivity contribution in [1.82, 2.24) is 9.62 Å². The maximum Gasteiger partial charge on any atom is 0.411 e. The van der Waals surface area contributed by atoms with Crippen LogP contribution in [0, 0.1) is 0 Å². The fourth-order valence-electron chi connectivity index (χ4n) is 3.28. The molecular formula is C21H25F3N2O4S2. The first-order valence-corrected chi connectivity index (χ1v) is 12.5. The van der Waals surface area contributed by atoms with Gasteiger partial charge in [-0.3, -0.25) is 4.79 Å². The first kappa shape index (κ1) is 24.7. The van der Waals surface area contributed by atoms with E-state index in [4.69, 9.17) is 0 Å². The molecule has 1 aromatic heterocycles. The highest BCUT2D eigenvalue weighted by atomic mass is 32.2. The molecule has 0 radical (unpaired) electrons. The van der Waals surface area contributed by atoms with Crippen molar-refractivity contribution in [3.8, 4) is 0 Å². The van der Waals surface area contributed by atoms with Crippen LogP contribution in [0.2, 0.25) is 0 Å². The summed E-state index contributed by atoms with van der Waals surface area (Å²) in [5.41, 5.74) is 1.39. The largest absolute Gasteiger partial charge is 0.411 e. The number of piperidine rings is 1. The number of alkyl halides is 3. The lowest BCUT2D eigenvalue weighted by Crippen LogP contribution is -2.35. The number of carbonyl (C=O) groups excluding carboxylic acids is 1. The van der Waals surface area contributed by atoms with Gasteiger partial charge in [-0.1, -0.05) is 30.7 Å². The van der Waals surface area contributed by atoms with E-state index in [1.165, 1.54) is 4.31 Å². The average molecular weight is 491 g/mol. The van der Waals surface area contributed by atoms with Gasteiger partial charge in [0.1, 0.15) is 10.8 Å². The van der Waals surface area contributed by atoms with E-state index >= 15 is 0 Å². The smallest absolute Gasteiger partial charge is 0.367 e. The third-order valence-electron chi connectivity index (χ3n) is 4.93. The number of halogens is 3. The summed E-state index contributed by atoms with van der Waals surface area (Å²) in [6.45, 7) is -0.124. The van der Waals surface area contributed by atoms with Gasteiger partial charge in [-0.05, 0) is 36.1 Å². The van der Waals surface area contributed by atoms with Crippen molar-refractivity contribution in [1.29, 1.82) is 0 Å². The molecule has 1 fully saturated rings. The Morgan fingerprint density at radius 2 is 1.69 bits per heavy atom. The molecule has 1 aromatic carbocycles. The van der Waals surface area contributed by atoms with Crippen molar-refractivity contribution in [3.63, 3.8) is 0 Å². The molecule has 11 heteroatoms. The van der Waals surface area contributed by atoms with Crippen molar-refractivity contribution in [2.45, 2.75) is 49.2 Å². The molecule has 2 aromatic rings. The summed E-state index contributed by atoms with van der Waals surface area (Å²) in [6.07, 6.45) is -1.52. The molecule has 3 rings (SSSR count). The first-order chi connectivity index (χ1) is 15.1. The van der Waals surface area contributed by atoms with Gasteiger partial charge in [0.05, 0.1) is 13.0 Å². The number of hydrogen-bond donors (Lipinski definition) is 1. The Kier molecular flexibility index (Phi) is 8.32. The molecular weight excluding hydrogens is 465 g/mol. The lowest BCUT2D eigenvalue weighted by atomic mass is 10.1. The fraction of sp³-hybridized carbons (Fsp3) is 0.476. The van der Waals surface area contributed by atoms with Crippen molar-refractivity contribution in [2.75, 3.05) is 19.7 Å². The number of ether oxygens (including phenoxy) is 1. The lowest BCUT2D eigenvalue weighted by Gasteiger charge is -2.25. The number of amides is 1. The Bertz CT molecular complexity index is 999. The van der Waals surface area contributed by atoms with Crippen LogP contribution in [0.3, 0.4) is 0 Å². The van der Waals surface area contributed by atoms with E-state index in [0.717, 1.165) is 36.2 Å². The highest BCUT2D eigenvalue weighted by molar-refractivity contribution is 7.91. The maximum absolute atomic E-state index is 12.7. The van der Waals surface area contributed by atoms with Gasteiger partial charge in [0.25, 0.3) is 10.0 Å². The van der Waals surface area contributed by atoms with E-state index in [1.54, 1.807) is 36.4 Å². The third-order valence-corrected chi connectivity index (χ3v) is 8.38. The number of benzene rings is 1. The molecule has 1 N–H and O–H groups in total. The highest BCUT2D eigenvalue weighted by Gasteiger charge is 2.28. The summed E-state index contributed by atoms with van der Waals surface area (Å²) in [5, 5.41) is 2.77. The van der Waals surface area contributed by atoms with Crippen molar-refractivity contribution in [3.05, 3.63) is 52.4 Å². The van der Waals surface area contributed by atoms with Gasteiger partial charge in [0.2, 0.25) is 5.91 Å². The summed E-state index contributed by atoms with van der Waals surface area (Å²) in [4.78, 5) is 12.9. The maximum atomic E-state index is 12.7. The minimum Gasteiger partial charge on any atom is -0.367 e. The van der Waals surface area contributed by atoms with E-state index in [9.17, 15) is 26.4 Å². The molecule has 1 aliphatic heterocycles. The van der Waals surface area contributed by atoms with Gasteiger partial charge in [-0.2, -0.15) is 17.5 Å². The normalized spacial score (nSPS) is 15.6. The highest BCUT2D eigenvalue weighted by Crippen LogP contribution is 2.27. The van der Waals surface area contributed by atoms with E-state index in [1.807, 2.05) is 0 Å². The van der Waals surface area contributed by atoms with E-state index in [-0.39, 0.29) is 29.7 Å². The molecule has 1 saturated heterocycles. The molecule has 0 spiro atoms. The number of thiophene rings is 1. The van der Waals surface area contributed by atoms with Crippen LogP contribution in [0.25, 0.3) is 0 Å². The van der Waals surface area contributed by atoms with Crippen LogP contribution in [0.5, 0.6) is 0 Å². The Balaban J connectivity index is 1.46. The number of hydrogen-bond acceptors (Lipinski definition) is 5. The average Bonchev–Trinajstić information content (AvgIpc) is 3.22. The topological polar surface area (TPSA) is 75.7 Å². The zero-order valence-corrected chi connectivity index (χ0v) is 19.0. The summed E-state index contributed by atoms with van der Waals surface area (Å²) < 4.78 is 68.1. The van der Waals surface area contributed by atoms with Crippen LogP contribution < -0.4 is 5.32 Å². The van der Waals surface area contributed by atoms with Gasteiger partial charge in [0.15, 0.2) is 0 Å². The molecule has 32 heavy (non-hydrogen) atoms. The summed E-state index contributed by atoms with van der Waals surface area (Å²) in [7, 11) is -3.50. The van der Waals surface area contributed by atoms with Crippen LogP contribution in [0.1, 0.15) is 35.3 Å². The second-order valence-corrected chi connectivity index (χ2v) is 10.9. The Labute approximate surface area is 189 Å². The molecule has 0 unspecified atom stereocenters. The molecule has 176 valence electrons. The number of nitrogens with one attached hydrogen (secondary N) is 1. The minimum absolute atomic E-state index is 0.0730. The minimum atomic E-state index is -4.36. The van der Waals surface area contributed by atoms with Crippen molar-refractivity contribution in [2.24, 2.45) is 0 Å². The lowest BCUT2D eigenvalue weighted by molar-refractivity contribution is -0.176. The number of rotatable bonds is 9. The summed E-state index contributed by atoms with van der Waals surface area (Å²) in [5.74, 6) is -0.244. The second-order valence-electron chi connectivity index (χ2n) is 7.56. The monoisotopic (exact) mass is 490 g/mol. The Hall–Kier alpha value is -1.95. The molecule has 0 atom stereocenters. The van der Waals surface area contributed by atoms with Gasteiger partial charge in [-0.15, -0.1) is 11.3 Å². The van der Waals surface area contributed by atoms with Crippen LogP contribution in [0.4, 0.5) is 13.2 Å². The molecule has 0 bridgehead atoms. The van der Waals surface area contributed by atoms with Gasteiger partial charge in [-0.25, -0.2) is 8.42 Å². The first-order valence-electron chi connectivity index (χ1n) is 10.2. The standard InChI is InChI=1S/C21H25F3N2O4S2/c22-21(23,24)15-30-14-17-6-4-16(5-7-17)13-25-19(27)12-18-8-9-20(31-18)32(28,29)26-10-2-1-3-11-26/h4-9H,1-3,10-15H2,(H,25,27). The zero-order valence-electron chi connectivity index (χ0n) is 17.4. The predicted molar refractivity (Wildman–Crippen MR) is 115 cm³/mol. The molecule has 1 aliphatic rings. The van der Waals surface area contributed by atoms with E-state index in [2.05, 4.69) is 10.1 Å². The van der Waals surface area contributed by atoms with Crippen LogP contribution in [-0.2, 0) is 39.1 Å². The number of carbonyl (C=O) groups is 1. The Morgan fingerprint density at radius 1 is 1.03 bits per heavy atom. The van der Waals surface area contributed by atoms with Crippen LogP contribution >= 0.6 is 11.3 Å². The molecule has 6 nitrogen and oxygen atoms in total. The quantitative estimate of drug-likeness (QED) is 0.579. The van der Waals surface area contributed by atoms with Gasteiger partial charge < -0.3 is 10.1 Å². The molecule has 0 aliphatic carbocycles.